The van der Waals surface area contributed by atoms with Crippen molar-refractivity contribution in [2.45, 2.75) is 26.3 Å². The van der Waals surface area contributed by atoms with Crippen LogP contribution in [0, 0.1) is 0 Å². The molecule has 1 unspecified atom stereocenters. The third kappa shape index (κ3) is 1.88. The molecule has 1 heterocycles. The first-order valence-corrected chi connectivity index (χ1v) is 5.71. The Balaban J connectivity index is 2.44. The molecule has 0 N–H and O–H groups in total. The summed E-state index contributed by atoms with van der Waals surface area (Å²) >= 11 is 0. The van der Waals surface area contributed by atoms with E-state index >= 15 is 0 Å². The van der Waals surface area contributed by atoms with Crippen LogP contribution in [0.3, 0.4) is 0 Å². The molecule has 0 spiro atoms. The van der Waals surface area contributed by atoms with Gasteiger partial charge in [-0.25, -0.2) is 0 Å². The van der Waals surface area contributed by atoms with Gasteiger partial charge in [-0.3, -0.25) is 9.59 Å². The van der Waals surface area contributed by atoms with Crippen molar-refractivity contribution >= 4 is 17.4 Å². The van der Waals surface area contributed by atoms with Crippen LogP contribution in [0.1, 0.15) is 30.6 Å². The number of anilines is 1. The van der Waals surface area contributed by atoms with Crippen molar-refractivity contribution in [2.24, 2.45) is 0 Å². The van der Waals surface area contributed by atoms with E-state index in [1.807, 2.05) is 37.3 Å². The Morgan fingerprint density at radius 3 is 2.76 bits per heavy atom. The van der Waals surface area contributed by atoms with Gasteiger partial charge in [0, 0.05) is 12.5 Å². The monoisotopic (exact) mass is 229 g/mol. The van der Waals surface area contributed by atoms with Crippen LogP contribution in [-0.2, 0) is 4.79 Å². The Hall–Kier alpha value is -1.90. The maximum atomic E-state index is 12.2. The first-order valence-electron chi connectivity index (χ1n) is 5.71. The molecule has 1 amide bonds. The van der Waals surface area contributed by atoms with E-state index in [2.05, 4.69) is 0 Å². The number of nitrogens with zero attached hydrogens (tertiary/aromatic N) is 1. The molecule has 0 bridgehead atoms. The van der Waals surface area contributed by atoms with Crippen molar-refractivity contribution in [3.8, 4) is 0 Å². The van der Waals surface area contributed by atoms with E-state index in [9.17, 15) is 9.59 Å². The molecule has 3 heteroatoms. The molecule has 1 aromatic carbocycles. The van der Waals surface area contributed by atoms with E-state index in [1.165, 1.54) is 6.92 Å². The summed E-state index contributed by atoms with van der Waals surface area (Å²) in [6.45, 7) is 3.41. The normalized spacial score (nSPS) is 18.8. The first-order chi connectivity index (χ1) is 8.16. The highest BCUT2D eigenvalue weighted by Gasteiger charge is 2.38. The summed E-state index contributed by atoms with van der Waals surface area (Å²) in [5.41, 5.74) is 1.39. The molecular formula is C14H15NO2. The topological polar surface area (TPSA) is 37.4 Å². The highest BCUT2D eigenvalue weighted by molar-refractivity contribution is 6.17. The standard InChI is InChI=1S/C14H15NO2/c1-3-4-8-13-14(17)11-7-5-6-9-12(11)15(13)10(2)16/h3-7,9,13H,8H2,1-2H3/b4-3+. The molecule has 1 aromatic rings. The van der Waals surface area contributed by atoms with Crippen LogP contribution in [0.5, 0.6) is 0 Å². The Labute approximate surface area is 101 Å². The van der Waals surface area contributed by atoms with E-state index < -0.39 is 0 Å². The predicted molar refractivity (Wildman–Crippen MR) is 67.2 cm³/mol. The van der Waals surface area contributed by atoms with Crippen LogP contribution in [0.2, 0.25) is 0 Å². The molecule has 0 fully saturated rings. The van der Waals surface area contributed by atoms with Crippen molar-refractivity contribution in [2.75, 3.05) is 4.90 Å². The molecule has 0 aliphatic carbocycles. The maximum Gasteiger partial charge on any atom is 0.224 e. The molecule has 1 aliphatic heterocycles. The summed E-state index contributed by atoms with van der Waals surface area (Å²) in [7, 11) is 0. The molecular weight excluding hydrogens is 214 g/mol. The Morgan fingerprint density at radius 2 is 2.12 bits per heavy atom. The van der Waals surface area contributed by atoms with Crippen LogP contribution >= 0.6 is 0 Å². The SMILES string of the molecule is C/C=C/CC1C(=O)c2ccccc2N1C(C)=O. The van der Waals surface area contributed by atoms with Gasteiger partial charge in [-0.15, -0.1) is 0 Å². The van der Waals surface area contributed by atoms with Gasteiger partial charge < -0.3 is 4.90 Å². The van der Waals surface area contributed by atoms with Gasteiger partial charge >= 0.3 is 0 Å². The smallest absolute Gasteiger partial charge is 0.224 e. The minimum atomic E-state index is -0.374. The van der Waals surface area contributed by atoms with E-state index in [0.29, 0.717) is 12.0 Å². The van der Waals surface area contributed by atoms with Gasteiger partial charge in [0.15, 0.2) is 5.78 Å². The Bertz CT molecular complexity index is 491. The lowest BCUT2D eigenvalue weighted by molar-refractivity contribution is -0.116. The van der Waals surface area contributed by atoms with Crippen molar-refractivity contribution in [1.82, 2.24) is 0 Å². The van der Waals surface area contributed by atoms with E-state index in [-0.39, 0.29) is 17.7 Å². The van der Waals surface area contributed by atoms with Crippen molar-refractivity contribution in [1.29, 1.82) is 0 Å². The number of carbonyl (C=O) groups excluding carboxylic acids is 2. The Morgan fingerprint density at radius 1 is 1.41 bits per heavy atom. The van der Waals surface area contributed by atoms with E-state index in [4.69, 9.17) is 0 Å². The number of ketones is 1. The number of rotatable bonds is 2. The molecule has 0 saturated heterocycles. The summed E-state index contributed by atoms with van der Waals surface area (Å²) in [4.78, 5) is 25.5. The zero-order valence-electron chi connectivity index (χ0n) is 10.0. The predicted octanol–water partition coefficient (Wildman–Crippen LogP) is 2.57. The third-order valence-electron chi connectivity index (χ3n) is 2.98. The second-order valence-corrected chi connectivity index (χ2v) is 4.09. The molecule has 17 heavy (non-hydrogen) atoms. The van der Waals surface area contributed by atoms with Crippen molar-refractivity contribution in [3.05, 3.63) is 42.0 Å². The van der Waals surface area contributed by atoms with Crippen LogP contribution in [0.4, 0.5) is 5.69 Å². The minimum Gasteiger partial charge on any atom is -0.301 e. The molecule has 0 saturated carbocycles. The molecule has 2 rings (SSSR count). The second kappa shape index (κ2) is 4.53. The van der Waals surface area contributed by atoms with Crippen LogP contribution < -0.4 is 4.90 Å². The largest absolute Gasteiger partial charge is 0.301 e. The summed E-state index contributed by atoms with van der Waals surface area (Å²) < 4.78 is 0. The zero-order chi connectivity index (χ0) is 12.4. The molecule has 3 nitrogen and oxygen atoms in total. The fourth-order valence-electron chi connectivity index (χ4n) is 2.22. The minimum absolute atomic E-state index is 0.0360. The Kier molecular flexibility index (Phi) is 3.09. The molecule has 1 aliphatic rings. The van der Waals surface area contributed by atoms with E-state index in [0.717, 1.165) is 5.69 Å². The van der Waals surface area contributed by atoms with Gasteiger partial charge in [0.2, 0.25) is 5.91 Å². The van der Waals surface area contributed by atoms with Crippen LogP contribution in [0.15, 0.2) is 36.4 Å². The number of carbonyl (C=O) groups is 2. The lowest BCUT2D eigenvalue weighted by atomic mass is 10.1. The summed E-state index contributed by atoms with van der Waals surface area (Å²) in [6.07, 6.45) is 4.39. The average Bonchev–Trinajstić information content (AvgIpc) is 2.60. The summed E-state index contributed by atoms with van der Waals surface area (Å²) in [5.74, 6) is -0.0493. The van der Waals surface area contributed by atoms with Crippen molar-refractivity contribution in [3.63, 3.8) is 0 Å². The lowest BCUT2D eigenvalue weighted by Gasteiger charge is -2.21. The van der Waals surface area contributed by atoms with Crippen LogP contribution in [-0.4, -0.2) is 17.7 Å². The molecule has 1 atom stereocenters. The maximum absolute atomic E-state index is 12.2. The number of hydrogen-bond acceptors (Lipinski definition) is 2. The quantitative estimate of drug-likeness (QED) is 0.731. The average molecular weight is 229 g/mol. The lowest BCUT2D eigenvalue weighted by Crippen LogP contribution is -2.38. The van der Waals surface area contributed by atoms with Gasteiger partial charge in [-0.05, 0) is 25.5 Å². The third-order valence-corrected chi connectivity index (χ3v) is 2.98. The van der Waals surface area contributed by atoms with Gasteiger partial charge in [0.25, 0.3) is 0 Å². The fourth-order valence-corrected chi connectivity index (χ4v) is 2.22. The second-order valence-electron chi connectivity index (χ2n) is 4.09. The van der Waals surface area contributed by atoms with Gasteiger partial charge in [-0.2, -0.15) is 0 Å². The number of fused-ring (bicyclic) bond motifs is 1. The zero-order valence-corrected chi connectivity index (χ0v) is 10.0. The summed E-state index contributed by atoms with van der Waals surface area (Å²) in [6, 6.07) is 6.90. The molecule has 0 aromatic heterocycles. The number of Topliss-reactive ketones (excluding diaryl/α,β-unsaturated/α-hetero) is 1. The first kappa shape index (κ1) is 11.6. The van der Waals surface area contributed by atoms with E-state index in [1.54, 1.807) is 11.0 Å². The number of amides is 1. The number of benzene rings is 1. The fraction of sp³-hybridized carbons (Fsp3) is 0.286. The van der Waals surface area contributed by atoms with Crippen molar-refractivity contribution < 1.29 is 9.59 Å². The number of para-hydroxylation sites is 1. The highest BCUT2D eigenvalue weighted by Crippen LogP contribution is 2.33. The molecule has 0 radical (unpaired) electrons. The molecule has 88 valence electrons. The van der Waals surface area contributed by atoms with Gasteiger partial charge in [0.1, 0.15) is 6.04 Å². The van der Waals surface area contributed by atoms with Crippen LogP contribution in [0.25, 0.3) is 0 Å². The highest BCUT2D eigenvalue weighted by atomic mass is 16.2. The number of allylic oxidation sites excluding steroid dienone is 1. The number of hydrogen-bond donors (Lipinski definition) is 0. The van der Waals surface area contributed by atoms with Gasteiger partial charge in [-0.1, -0.05) is 24.3 Å². The van der Waals surface area contributed by atoms with Gasteiger partial charge in [0.05, 0.1) is 5.69 Å². The summed E-state index contributed by atoms with van der Waals surface area (Å²) in [5, 5.41) is 0.